The number of aromatic nitrogens is 3. The van der Waals surface area contributed by atoms with E-state index in [-0.39, 0.29) is 42.7 Å². The SMILES string of the molecule is CC(C)(C)OC(=O)N1CCN(c2ccc(-n3c(=O)ccc4cnc5ccc(Cl)nc5c43)cc2C(F)(F)F)CC1. The number of alkyl halides is 3. The fraction of sp³-hybridized carbons (Fsp3) is 0.333. The van der Waals surface area contributed by atoms with Gasteiger partial charge in [0.25, 0.3) is 5.56 Å². The first-order valence-corrected chi connectivity index (χ1v) is 12.6. The van der Waals surface area contributed by atoms with E-state index >= 15 is 0 Å². The van der Waals surface area contributed by atoms with Crippen molar-refractivity contribution >= 4 is 45.3 Å². The van der Waals surface area contributed by atoms with Crippen molar-refractivity contribution in [2.24, 2.45) is 0 Å². The van der Waals surface area contributed by atoms with Crippen LogP contribution in [0.25, 0.3) is 27.6 Å². The molecule has 4 aromatic rings. The van der Waals surface area contributed by atoms with E-state index < -0.39 is 29.0 Å². The third-order valence-electron chi connectivity index (χ3n) is 6.35. The van der Waals surface area contributed by atoms with Crippen LogP contribution in [-0.2, 0) is 10.9 Å². The van der Waals surface area contributed by atoms with E-state index in [0.717, 1.165) is 6.07 Å². The summed E-state index contributed by atoms with van der Waals surface area (Å²) in [6.45, 7) is 6.06. The molecule has 0 unspecified atom stereocenters. The van der Waals surface area contributed by atoms with Gasteiger partial charge in [0.15, 0.2) is 0 Å². The Labute approximate surface area is 226 Å². The molecule has 5 rings (SSSR count). The van der Waals surface area contributed by atoms with Gasteiger partial charge in [0.1, 0.15) is 16.3 Å². The first kappa shape index (κ1) is 26.7. The van der Waals surface area contributed by atoms with Gasteiger partial charge in [-0.05, 0) is 57.2 Å². The normalized spacial score (nSPS) is 14.7. The molecular formula is C27H25ClF3N5O3. The van der Waals surface area contributed by atoms with Crippen molar-refractivity contribution in [1.82, 2.24) is 19.4 Å². The van der Waals surface area contributed by atoms with E-state index in [1.165, 1.54) is 33.9 Å². The molecule has 1 fully saturated rings. The molecule has 0 radical (unpaired) electrons. The van der Waals surface area contributed by atoms with Crippen LogP contribution in [0, 0.1) is 0 Å². The maximum atomic E-state index is 14.4. The van der Waals surface area contributed by atoms with E-state index in [9.17, 15) is 22.8 Å². The van der Waals surface area contributed by atoms with Crippen molar-refractivity contribution in [2.75, 3.05) is 31.1 Å². The summed E-state index contributed by atoms with van der Waals surface area (Å²) < 4.78 is 49.7. The first-order chi connectivity index (χ1) is 18.3. The first-order valence-electron chi connectivity index (χ1n) is 12.2. The molecule has 8 nitrogen and oxygen atoms in total. The molecule has 39 heavy (non-hydrogen) atoms. The summed E-state index contributed by atoms with van der Waals surface area (Å²) in [6.07, 6.45) is -3.67. The molecule has 0 saturated carbocycles. The van der Waals surface area contributed by atoms with Crippen molar-refractivity contribution in [3.63, 3.8) is 0 Å². The molecule has 0 aliphatic carbocycles. The lowest BCUT2D eigenvalue weighted by Crippen LogP contribution is -2.50. The second kappa shape index (κ2) is 9.71. The lowest BCUT2D eigenvalue weighted by atomic mass is 10.1. The Morgan fingerprint density at radius 2 is 1.72 bits per heavy atom. The zero-order chi connectivity index (χ0) is 28.1. The average Bonchev–Trinajstić information content (AvgIpc) is 2.87. The minimum absolute atomic E-state index is 0.0309. The fourth-order valence-corrected chi connectivity index (χ4v) is 4.77. The second-order valence-corrected chi connectivity index (χ2v) is 10.6. The third-order valence-corrected chi connectivity index (χ3v) is 6.56. The van der Waals surface area contributed by atoms with Gasteiger partial charge < -0.3 is 14.5 Å². The maximum Gasteiger partial charge on any atom is 0.418 e. The lowest BCUT2D eigenvalue weighted by molar-refractivity contribution is -0.137. The molecule has 1 aromatic carbocycles. The van der Waals surface area contributed by atoms with Crippen LogP contribution >= 0.6 is 11.6 Å². The number of pyridine rings is 3. The predicted octanol–water partition coefficient (Wildman–Crippen LogP) is 5.66. The van der Waals surface area contributed by atoms with E-state index in [2.05, 4.69) is 9.97 Å². The number of hydrogen-bond donors (Lipinski definition) is 0. The zero-order valence-corrected chi connectivity index (χ0v) is 22.2. The summed E-state index contributed by atoms with van der Waals surface area (Å²) in [6, 6.07) is 9.80. The quantitative estimate of drug-likeness (QED) is 0.233. The highest BCUT2D eigenvalue weighted by Crippen LogP contribution is 2.39. The highest BCUT2D eigenvalue weighted by atomic mass is 35.5. The Morgan fingerprint density at radius 3 is 2.38 bits per heavy atom. The highest BCUT2D eigenvalue weighted by Gasteiger charge is 2.37. The fourth-order valence-electron chi connectivity index (χ4n) is 4.62. The number of halogens is 4. The van der Waals surface area contributed by atoms with Crippen molar-refractivity contribution in [2.45, 2.75) is 32.5 Å². The largest absolute Gasteiger partial charge is 0.444 e. The summed E-state index contributed by atoms with van der Waals surface area (Å²) in [7, 11) is 0. The van der Waals surface area contributed by atoms with Crippen LogP contribution in [0.1, 0.15) is 26.3 Å². The van der Waals surface area contributed by atoms with Crippen LogP contribution in [0.4, 0.5) is 23.7 Å². The molecule has 204 valence electrons. The molecular weight excluding hydrogens is 535 g/mol. The molecule has 1 aliphatic heterocycles. The average molecular weight is 560 g/mol. The van der Waals surface area contributed by atoms with Crippen LogP contribution in [0.15, 0.2) is 53.5 Å². The maximum absolute atomic E-state index is 14.4. The molecule has 0 atom stereocenters. The van der Waals surface area contributed by atoms with Gasteiger partial charge in [0, 0.05) is 49.5 Å². The molecule has 0 N–H and O–H groups in total. The monoisotopic (exact) mass is 559 g/mol. The molecule has 3 aromatic heterocycles. The second-order valence-electron chi connectivity index (χ2n) is 10.2. The van der Waals surface area contributed by atoms with Crippen LogP contribution in [0.3, 0.4) is 0 Å². The summed E-state index contributed by atoms with van der Waals surface area (Å²) in [5, 5.41) is 0.685. The van der Waals surface area contributed by atoms with Gasteiger partial charge in [-0.1, -0.05) is 11.6 Å². The number of hydrogen-bond acceptors (Lipinski definition) is 6. The number of benzene rings is 1. The van der Waals surface area contributed by atoms with Gasteiger partial charge in [-0.3, -0.25) is 14.3 Å². The minimum atomic E-state index is -4.70. The molecule has 1 amide bonds. The molecule has 4 heterocycles. The number of anilines is 1. The number of fused-ring (bicyclic) bond motifs is 3. The standard InChI is InChI=1S/C27H25ClF3N5O3/c1-26(2,3)39-25(38)35-12-10-34(11-13-35)20-7-5-17(14-18(20)27(29,30)31)36-22(37)9-4-16-15-32-19-6-8-21(28)33-23(19)24(16)36/h4-9,14-15H,10-13H2,1-3H3. The summed E-state index contributed by atoms with van der Waals surface area (Å²) in [5.41, 5.74) is -1.03. The number of ether oxygens (including phenoxy) is 1. The van der Waals surface area contributed by atoms with Gasteiger partial charge in [0.05, 0.1) is 22.3 Å². The molecule has 0 bridgehead atoms. The molecule has 0 spiro atoms. The Hall–Kier alpha value is -3.86. The van der Waals surface area contributed by atoms with E-state index in [4.69, 9.17) is 16.3 Å². The zero-order valence-electron chi connectivity index (χ0n) is 21.4. The van der Waals surface area contributed by atoms with Gasteiger partial charge in [-0.25, -0.2) is 9.78 Å². The Bertz CT molecular complexity index is 1640. The van der Waals surface area contributed by atoms with Crippen LogP contribution in [0.2, 0.25) is 5.15 Å². The van der Waals surface area contributed by atoms with E-state index in [1.54, 1.807) is 43.9 Å². The lowest BCUT2D eigenvalue weighted by Gasteiger charge is -2.37. The van der Waals surface area contributed by atoms with Crippen molar-refractivity contribution in [3.05, 3.63) is 69.7 Å². The molecule has 12 heteroatoms. The van der Waals surface area contributed by atoms with Gasteiger partial charge in [-0.15, -0.1) is 0 Å². The number of carbonyl (C=O) groups is 1. The van der Waals surface area contributed by atoms with E-state index in [0.29, 0.717) is 21.9 Å². The summed E-state index contributed by atoms with van der Waals surface area (Å²) >= 11 is 6.10. The topological polar surface area (TPSA) is 80.6 Å². The number of nitrogens with zero attached hydrogens (tertiary/aromatic N) is 5. The number of amides is 1. The van der Waals surface area contributed by atoms with Crippen LogP contribution in [0.5, 0.6) is 0 Å². The molecule has 1 aliphatic rings. The Balaban J connectivity index is 1.56. The number of carbonyl (C=O) groups excluding carboxylic acids is 1. The van der Waals surface area contributed by atoms with Crippen molar-refractivity contribution in [3.8, 4) is 5.69 Å². The van der Waals surface area contributed by atoms with Gasteiger partial charge >= 0.3 is 12.3 Å². The van der Waals surface area contributed by atoms with Gasteiger partial charge in [-0.2, -0.15) is 13.2 Å². The molecule has 1 saturated heterocycles. The predicted molar refractivity (Wildman–Crippen MR) is 143 cm³/mol. The van der Waals surface area contributed by atoms with Crippen LogP contribution in [-0.4, -0.2) is 57.3 Å². The minimum Gasteiger partial charge on any atom is -0.444 e. The van der Waals surface area contributed by atoms with Gasteiger partial charge in [0.2, 0.25) is 0 Å². The number of rotatable bonds is 2. The van der Waals surface area contributed by atoms with E-state index in [1.807, 2.05) is 0 Å². The highest BCUT2D eigenvalue weighted by molar-refractivity contribution is 6.30. The van der Waals surface area contributed by atoms with Crippen molar-refractivity contribution < 1.29 is 22.7 Å². The third kappa shape index (κ3) is 5.36. The van der Waals surface area contributed by atoms with Crippen LogP contribution < -0.4 is 10.5 Å². The van der Waals surface area contributed by atoms with Crippen molar-refractivity contribution in [1.29, 1.82) is 0 Å². The summed E-state index contributed by atoms with van der Waals surface area (Å²) in [4.78, 5) is 37.1. The summed E-state index contributed by atoms with van der Waals surface area (Å²) in [5.74, 6) is 0. The Kier molecular flexibility index (Phi) is 6.66. The number of piperazine rings is 1. The Morgan fingerprint density at radius 1 is 1.00 bits per heavy atom. The smallest absolute Gasteiger partial charge is 0.418 e.